The molecule has 20 heteroatoms. The Hall–Kier alpha value is -0.150. The minimum absolute atomic E-state index is 0.0192. The van der Waals surface area contributed by atoms with Crippen LogP contribution in [0.25, 0.3) is 0 Å². The summed E-state index contributed by atoms with van der Waals surface area (Å²) in [7, 11) is 2.65. The van der Waals surface area contributed by atoms with Crippen LogP contribution < -0.4 is 0 Å². The summed E-state index contributed by atoms with van der Waals surface area (Å²) in [6.07, 6.45) is -2.30. The van der Waals surface area contributed by atoms with Crippen LogP contribution >= 0.6 is 45.1 Å². The molecule has 0 amide bonds. The molecule has 0 heterocycles. The lowest BCUT2D eigenvalue weighted by Crippen LogP contribution is -2.49. The molecule has 52 heavy (non-hydrogen) atoms. The van der Waals surface area contributed by atoms with Gasteiger partial charge in [-0.25, -0.2) is 9.34 Å². The maximum Gasteiger partial charge on any atom is 0.337 e. The standard InChI is InChI=1S/C11H24NO4P.C11H24NO3PS.C10H19O5PS2/c1-10(2,3)17(14,16-8)12(6)11(4,5)9(13)15-7;1-10(2,3)16(17,15-8)12(6)11(4,5)9(13)14-7;1-8(11)17-6-14-16(13,10(3,4)5)15-7-18-9(2)12/h2*1-8H3;6-7H2,1-5H3. The Morgan fingerprint density at radius 2 is 0.904 bits per heavy atom. The predicted molar refractivity (Wildman–Crippen MR) is 219 cm³/mol. The molecule has 0 radical (unpaired) electrons. The Morgan fingerprint density at radius 1 is 0.577 bits per heavy atom. The number of hydrogen-bond acceptors (Lipinski definition) is 15. The van der Waals surface area contributed by atoms with Gasteiger partial charge in [0.05, 0.1) is 24.5 Å². The second kappa shape index (κ2) is 22.0. The van der Waals surface area contributed by atoms with E-state index in [1.807, 2.05) is 53.3 Å². The zero-order valence-corrected chi connectivity index (χ0v) is 40.4. The van der Waals surface area contributed by atoms with Crippen molar-refractivity contribution in [3.8, 4) is 0 Å². The SMILES string of the molecule is CC(=O)SCOP(=O)(OCSC(C)=O)C(C)(C)C.COC(=O)C(C)(C)N(C)P(=O)(OC)C(C)(C)C.COC(=O)C(C)(C)N(C)P(=S)(OC)C(C)(C)C. The molecule has 0 bridgehead atoms. The molecule has 0 aromatic rings. The fourth-order valence-electron chi connectivity index (χ4n) is 3.90. The van der Waals surface area contributed by atoms with Crippen LogP contribution in [-0.4, -0.2) is 112 Å². The van der Waals surface area contributed by atoms with Gasteiger partial charge in [-0.05, 0) is 95.1 Å². The number of esters is 2. The van der Waals surface area contributed by atoms with Crippen molar-refractivity contribution in [3.63, 3.8) is 0 Å². The monoisotopic (exact) mass is 860 g/mol. The molecule has 2 unspecified atom stereocenters. The molecule has 0 fully saturated rings. The zero-order valence-electron chi connectivity index (χ0n) is 35.3. The number of carbonyl (C=O) groups is 4. The average Bonchev–Trinajstić information content (AvgIpc) is 3.00. The summed E-state index contributed by atoms with van der Waals surface area (Å²) in [5.41, 5.74) is -1.80. The summed E-state index contributed by atoms with van der Waals surface area (Å²) in [6.45, 7) is 26.5. The molecule has 0 aromatic carbocycles. The maximum atomic E-state index is 12.9. The first-order valence-electron chi connectivity index (χ1n) is 16.1. The van der Waals surface area contributed by atoms with Gasteiger partial charge in [0, 0.05) is 33.2 Å². The van der Waals surface area contributed by atoms with Crippen molar-refractivity contribution < 1.29 is 55.9 Å². The maximum absolute atomic E-state index is 12.9. The van der Waals surface area contributed by atoms with Crippen molar-refractivity contribution in [2.75, 3.05) is 54.4 Å². The quantitative estimate of drug-likeness (QED) is 0.0925. The van der Waals surface area contributed by atoms with E-state index in [1.54, 1.807) is 62.6 Å². The van der Waals surface area contributed by atoms with Crippen molar-refractivity contribution in [2.45, 2.75) is 130 Å². The van der Waals surface area contributed by atoms with Gasteiger partial charge in [-0.2, -0.15) is 0 Å². The average molecular weight is 861 g/mol. The third kappa shape index (κ3) is 15.8. The highest BCUT2D eigenvalue weighted by Crippen LogP contribution is 2.64. The molecule has 0 saturated carbocycles. The van der Waals surface area contributed by atoms with Crippen LogP contribution in [0.1, 0.15) is 104 Å². The topological polar surface area (TPSA) is 164 Å². The number of rotatable bonds is 14. The van der Waals surface area contributed by atoms with Gasteiger partial charge in [-0.15, -0.1) is 0 Å². The minimum Gasteiger partial charge on any atom is -0.468 e. The van der Waals surface area contributed by atoms with Crippen LogP contribution in [0.4, 0.5) is 0 Å². The van der Waals surface area contributed by atoms with E-state index in [-0.39, 0.29) is 33.2 Å². The van der Waals surface area contributed by atoms with Crippen molar-refractivity contribution in [3.05, 3.63) is 0 Å². The van der Waals surface area contributed by atoms with Gasteiger partial charge in [0.15, 0.2) is 10.2 Å². The van der Waals surface area contributed by atoms with Gasteiger partial charge >= 0.3 is 19.5 Å². The van der Waals surface area contributed by atoms with E-state index >= 15 is 0 Å². The molecule has 0 spiro atoms. The Kier molecular flexibility index (Phi) is 23.7. The third-order valence-electron chi connectivity index (χ3n) is 7.76. The van der Waals surface area contributed by atoms with Gasteiger partial charge in [0.1, 0.15) is 29.4 Å². The van der Waals surface area contributed by atoms with Gasteiger partial charge in [0.25, 0.3) is 7.52 Å². The Morgan fingerprint density at radius 3 is 1.12 bits per heavy atom. The molecule has 0 aliphatic heterocycles. The molecule has 0 saturated heterocycles. The minimum atomic E-state index is -3.36. The van der Waals surface area contributed by atoms with E-state index in [2.05, 4.69) is 0 Å². The highest BCUT2D eigenvalue weighted by Gasteiger charge is 2.50. The molecular weight excluding hydrogens is 793 g/mol. The molecule has 0 rings (SSSR count). The summed E-state index contributed by atoms with van der Waals surface area (Å²) < 4.78 is 59.5. The molecule has 0 N–H and O–H groups in total. The van der Waals surface area contributed by atoms with E-state index in [1.165, 1.54) is 39.8 Å². The van der Waals surface area contributed by atoms with E-state index in [9.17, 15) is 28.3 Å². The smallest absolute Gasteiger partial charge is 0.337 e. The van der Waals surface area contributed by atoms with E-state index in [0.29, 0.717) is 0 Å². The van der Waals surface area contributed by atoms with E-state index < -0.39 is 48.9 Å². The first kappa shape index (κ1) is 56.2. The number of thioether (sulfide) groups is 2. The van der Waals surface area contributed by atoms with Crippen LogP contribution in [-0.2, 0) is 67.7 Å². The molecule has 14 nitrogen and oxygen atoms in total. The highest BCUT2D eigenvalue weighted by atomic mass is 32.4. The highest BCUT2D eigenvalue weighted by molar-refractivity contribution is 8.14. The summed E-state index contributed by atoms with van der Waals surface area (Å²) in [4.78, 5) is 45.1. The third-order valence-corrected chi connectivity index (χ3v) is 21.8. The number of nitrogens with zero attached hydrogens (tertiary/aromatic N) is 2. The molecule has 0 aliphatic carbocycles. The van der Waals surface area contributed by atoms with Crippen LogP contribution in [0, 0.1) is 0 Å². The molecule has 0 aromatic heterocycles. The molecular formula is C32H67N2O12P3S3. The largest absolute Gasteiger partial charge is 0.468 e. The lowest BCUT2D eigenvalue weighted by atomic mass is 10.1. The van der Waals surface area contributed by atoms with E-state index in [0.717, 1.165) is 23.5 Å². The van der Waals surface area contributed by atoms with Gasteiger partial charge in [-0.1, -0.05) is 44.3 Å². The number of carbonyl (C=O) groups excluding carboxylic acids is 4. The number of methoxy groups -OCH3 is 2. The Bertz CT molecular complexity index is 1250. The Balaban J connectivity index is -0.000000693. The number of ether oxygens (including phenoxy) is 2. The lowest BCUT2D eigenvalue weighted by Gasteiger charge is -2.46. The fraction of sp³-hybridized carbons (Fsp3) is 0.875. The van der Waals surface area contributed by atoms with Crippen molar-refractivity contribution in [1.82, 2.24) is 9.34 Å². The second-order valence-corrected chi connectivity index (χ2v) is 28.6. The summed E-state index contributed by atoms with van der Waals surface area (Å²) in [5.74, 6) is -0.791. The molecule has 310 valence electrons. The number of hydrogen-bond donors (Lipinski definition) is 0. The summed E-state index contributed by atoms with van der Waals surface area (Å²) >= 11 is 7.54. The summed E-state index contributed by atoms with van der Waals surface area (Å²) in [6, 6.07) is 0. The van der Waals surface area contributed by atoms with Crippen LogP contribution in [0.15, 0.2) is 0 Å². The van der Waals surface area contributed by atoms with Gasteiger partial charge in [0.2, 0.25) is 0 Å². The van der Waals surface area contributed by atoms with Gasteiger partial charge < -0.3 is 18.5 Å². The van der Waals surface area contributed by atoms with Crippen molar-refractivity contribution >= 4 is 79.0 Å². The first-order chi connectivity index (χ1) is 23.0. The fourth-order valence-corrected chi connectivity index (χ4v) is 12.1. The van der Waals surface area contributed by atoms with Crippen LogP contribution in [0.5, 0.6) is 0 Å². The van der Waals surface area contributed by atoms with Crippen LogP contribution in [0.2, 0.25) is 0 Å². The van der Waals surface area contributed by atoms with Crippen molar-refractivity contribution in [1.29, 1.82) is 0 Å². The molecule has 2 atom stereocenters. The van der Waals surface area contributed by atoms with E-state index in [4.69, 9.17) is 39.4 Å². The molecule has 0 aliphatic rings. The van der Waals surface area contributed by atoms with Crippen LogP contribution in [0.3, 0.4) is 0 Å². The second-order valence-electron chi connectivity index (χ2n) is 15.3. The van der Waals surface area contributed by atoms with Crippen molar-refractivity contribution in [2.24, 2.45) is 0 Å². The zero-order chi connectivity index (χ0) is 42.5. The first-order valence-corrected chi connectivity index (χ1v) is 23.9. The van der Waals surface area contributed by atoms with Gasteiger partial charge in [-0.3, -0.25) is 37.4 Å². The predicted octanol–water partition coefficient (Wildman–Crippen LogP) is 8.62. The number of likely N-dealkylation sites (N-methyl/N-ethyl adjacent to an activating group) is 2. The Labute approximate surface area is 327 Å². The lowest BCUT2D eigenvalue weighted by molar-refractivity contribution is -0.150. The summed E-state index contributed by atoms with van der Waals surface area (Å²) in [5, 5.41) is -1.73. The normalized spacial score (nSPS) is 15.3.